The van der Waals surface area contributed by atoms with Gasteiger partial charge >= 0.3 is 0 Å². The number of hydrogen-bond acceptors (Lipinski definition) is 6. The lowest BCUT2D eigenvalue weighted by Crippen LogP contribution is -2.15. The summed E-state index contributed by atoms with van der Waals surface area (Å²) in [4.78, 5) is 15.9. The van der Waals surface area contributed by atoms with E-state index in [0.717, 1.165) is 39.4 Å². The van der Waals surface area contributed by atoms with Crippen LogP contribution in [-0.4, -0.2) is 36.6 Å². The fourth-order valence-electron chi connectivity index (χ4n) is 3.66. The maximum Gasteiger partial charge on any atom is 0.257 e. The summed E-state index contributed by atoms with van der Waals surface area (Å²) in [7, 11) is 1.99. The van der Waals surface area contributed by atoms with Gasteiger partial charge in [0.15, 0.2) is 0 Å². The lowest BCUT2D eigenvalue weighted by Gasteiger charge is -2.21. The zero-order valence-corrected chi connectivity index (χ0v) is 19.0. The first-order valence-electron chi connectivity index (χ1n) is 10.3. The van der Waals surface area contributed by atoms with Gasteiger partial charge in [0.25, 0.3) is 5.78 Å². The molecule has 0 spiro atoms. The predicted octanol–water partition coefficient (Wildman–Crippen LogP) is 5.45. The molecule has 0 saturated heterocycles. The molecule has 0 atom stereocenters. The maximum atomic E-state index is 6.26. The number of benzene rings is 2. The summed E-state index contributed by atoms with van der Waals surface area (Å²) in [6, 6.07) is 14.0. The topological polar surface area (TPSA) is 72.1 Å². The molecule has 160 valence electrons. The molecule has 0 aliphatic carbocycles. The third-order valence-electron chi connectivity index (χ3n) is 5.40. The molecule has 32 heavy (non-hydrogen) atoms. The molecular weight excluding hydrogens is 422 g/mol. The number of aromatic nitrogens is 6. The highest BCUT2D eigenvalue weighted by Crippen LogP contribution is 2.33. The van der Waals surface area contributed by atoms with Crippen LogP contribution >= 0.6 is 11.6 Å². The van der Waals surface area contributed by atoms with Crippen LogP contribution in [0.2, 0.25) is 5.02 Å². The van der Waals surface area contributed by atoms with Gasteiger partial charge in [0.1, 0.15) is 18.0 Å². The number of nitrogens with zero attached hydrogens (tertiary/aromatic N) is 7. The minimum atomic E-state index is -0.0867. The average Bonchev–Trinajstić information content (AvgIpc) is 3.26. The van der Waals surface area contributed by atoms with Crippen LogP contribution < -0.4 is 4.90 Å². The van der Waals surface area contributed by atoms with Gasteiger partial charge in [0.2, 0.25) is 0 Å². The van der Waals surface area contributed by atoms with E-state index in [0.29, 0.717) is 10.8 Å². The summed E-state index contributed by atoms with van der Waals surface area (Å²) in [5.41, 5.74) is 3.79. The second-order valence-electron chi connectivity index (χ2n) is 8.75. The molecule has 0 bridgehead atoms. The van der Waals surface area contributed by atoms with Gasteiger partial charge in [0.05, 0.1) is 5.52 Å². The van der Waals surface area contributed by atoms with Gasteiger partial charge in [-0.1, -0.05) is 44.5 Å². The van der Waals surface area contributed by atoms with E-state index >= 15 is 0 Å². The van der Waals surface area contributed by atoms with Crippen LogP contribution in [-0.2, 0) is 5.41 Å². The molecular formula is C24H22ClN7. The molecule has 7 nitrogen and oxygen atoms in total. The largest absolute Gasteiger partial charge is 0.329 e. The van der Waals surface area contributed by atoms with Crippen molar-refractivity contribution in [2.24, 2.45) is 0 Å². The smallest absolute Gasteiger partial charge is 0.257 e. The van der Waals surface area contributed by atoms with Crippen molar-refractivity contribution in [2.75, 3.05) is 11.9 Å². The van der Waals surface area contributed by atoms with Crippen molar-refractivity contribution in [3.63, 3.8) is 0 Å². The molecule has 0 saturated carbocycles. The minimum absolute atomic E-state index is 0.0867. The van der Waals surface area contributed by atoms with Gasteiger partial charge in [-0.2, -0.15) is 4.98 Å². The van der Waals surface area contributed by atoms with Gasteiger partial charge in [-0.05, 0) is 35.9 Å². The lowest BCUT2D eigenvalue weighted by molar-refractivity contribution is 0.545. The van der Waals surface area contributed by atoms with E-state index in [-0.39, 0.29) is 5.41 Å². The van der Waals surface area contributed by atoms with Crippen molar-refractivity contribution in [2.45, 2.75) is 26.2 Å². The molecule has 0 amide bonds. The van der Waals surface area contributed by atoms with Crippen LogP contribution in [0.25, 0.3) is 27.8 Å². The Morgan fingerprint density at radius 2 is 1.75 bits per heavy atom. The molecule has 0 fully saturated rings. The molecule has 8 heteroatoms. The van der Waals surface area contributed by atoms with E-state index in [4.69, 9.17) is 16.6 Å². The predicted molar refractivity (Wildman–Crippen MR) is 128 cm³/mol. The molecule has 5 aromatic rings. The van der Waals surface area contributed by atoms with Gasteiger partial charge in [-0.3, -0.25) is 4.40 Å². The Balaban J connectivity index is 1.58. The first-order chi connectivity index (χ1) is 15.3. The van der Waals surface area contributed by atoms with Crippen LogP contribution in [0.1, 0.15) is 26.6 Å². The van der Waals surface area contributed by atoms with E-state index in [2.05, 4.69) is 53.1 Å². The highest BCUT2D eigenvalue weighted by atomic mass is 35.5. The number of hydrogen-bond donors (Lipinski definition) is 0. The summed E-state index contributed by atoms with van der Waals surface area (Å²) in [5, 5.41) is 9.75. The number of fused-ring (bicyclic) bond motifs is 3. The van der Waals surface area contributed by atoms with Gasteiger partial charge < -0.3 is 4.90 Å². The van der Waals surface area contributed by atoms with Crippen LogP contribution in [0.5, 0.6) is 0 Å². The first kappa shape index (κ1) is 20.3. The second-order valence-corrected chi connectivity index (χ2v) is 9.19. The van der Waals surface area contributed by atoms with Crippen molar-refractivity contribution in [1.82, 2.24) is 29.5 Å². The van der Waals surface area contributed by atoms with Crippen molar-refractivity contribution >= 4 is 39.8 Å². The van der Waals surface area contributed by atoms with Crippen molar-refractivity contribution in [1.29, 1.82) is 0 Å². The third kappa shape index (κ3) is 3.54. The normalized spacial score (nSPS) is 11.9. The van der Waals surface area contributed by atoms with Crippen LogP contribution in [0.4, 0.5) is 11.5 Å². The fraction of sp³-hybridized carbons (Fsp3) is 0.208. The fourth-order valence-corrected chi connectivity index (χ4v) is 3.83. The van der Waals surface area contributed by atoms with Crippen molar-refractivity contribution < 1.29 is 0 Å². The van der Waals surface area contributed by atoms with Crippen LogP contribution in [0.15, 0.2) is 61.2 Å². The SMILES string of the molecule is CN(c1cccc(-c2cnc(C(C)(C)C)nc2)c1)c1nc2nncn2c2cc(Cl)ccc12. The van der Waals surface area contributed by atoms with Crippen LogP contribution in [0.3, 0.4) is 0 Å². The molecule has 0 aliphatic rings. The first-order valence-corrected chi connectivity index (χ1v) is 10.6. The highest BCUT2D eigenvalue weighted by molar-refractivity contribution is 6.31. The van der Waals surface area contributed by atoms with E-state index in [9.17, 15) is 0 Å². The van der Waals surface area contributed by atoms with Crippen LogP contribution in [0, 0.1) is 0 Å². The number of halogens is 1. The Kier molecular flexibility index (Phi) is 4.78. The summed E-state index contributed by atoms with van der Waals surface area (Å²) >= 11 is 6.26. The Morgan fingerprint density at radius 1 is 0.969 bits per heavy atom. The molecule has 5 rings (SSSR count). The van der Waals surface area contributed by atoms with E-state index in [1.165, 1.54) is 0 Å². The van der Waals surface area contributed by atoms with E-state index in [1.54, 1.807) is 6.33 Å². The minimum Gasteiger partial charge on any atom is -0.329 e. The summed E-state index contributed by atoms with van der Waals surface area (Å²) in [5.74, 6) is 2.11. The average molecular weight is 444 g/mol. The zero-order valence-electron chi connectivity index (χ0n) is 18.3. The zero-order chi connectivity index (χ0) is 22.5. The molecule has 3 heterocycles. The van der Waals surface area contributed by atoms with E-state index in [1.807, 2.05) is 59.1 Å². The Hall–Kier alpha value is -3.58. The standard InChI is InChI=1S/C24H22ClN7/c1-24(2,3)22-26-12-16(13-27-22)15-6-5-7-18(10-15)31(4)21-19-9-8-17(25)11-20(19)32-14-28-30-23(32)29-21/h5-14H,1-4H3. The quantitative estimate of drug-likeness (QED) is 0.369. The van der Waals surface area contributed by atoms with Crippen molar-refractivity contribution in [3.8, 4) is 11.1 Å². The van der Waals surface area contributed by atoms with E-state index < -0.39 is 0 Å². The van der Waals surface area contributed by atoms with Crippen molar-refractivity contribution in [3.05, 3.63) is 72.0 Å². The highest BCUT2D eigenvalue weighted by Gasteiger charge is 2.18. The Bertz CT molecular complexity index is 1440. The molecule has 0 N–H and O–H groups in total. The van der Waals surface area contributed by atoms with Gasteiger partial charge in [-0.25, -0.2) is 9.97 Å². The monoisotopic (exact) mass is 443 g/mol. The molecule has 3 aromatic heterocycles. The molecule has 0 radical (unpaired) electrons. The molecule has 0 unspecified atom stereocenters. The summed E-state index contributed by atoms with van der Waals surface area (Å²) in [6.07, 6.45) is 5.40. The number of rotatable bonds is 3. The maximum absolute atomic E-state index is 6.26. The second kappa shape index (κ2) is 7.53. The lowest BCUT2D eigenvalue weighted by atomic mass is 9.95. The Morgan fingerprint density at radius 3 is 2.50 bits per heavy atom. The number of anilines is 2. The van der Waals surface area contributed by atoms with Gasteiger partial charge in [0, 0.05) is 46.5 Å². The summed E-state index contributed by atoms with van der Waals surface area (Å²) < 4.78 is 1.84. The third-order valence-corrected chi connectivity index (χ3v) is 5.64. The van der Waals surface area contributed by atoms with Gasteiger partial charge in [-0.15, -0.1) is 10.2 Å². The molecule has 0 aliphatic heterocycles. The summed E-state index contributed by atoms with van der Waals surface area (Å²) in [6.45, 7) is 6.32. The Labute approximate surface area is 190 Å². The molecule has 2 aromatic carbocycles.